The van der Waals surface area contributed by atoms with Gasteiger partial charge < -0.3 is 4.90 Å². The van der Waals surface area contributed by atoms with Gasteiger partial charge in [0.25, 0.3) is 0 Å². The fourth-order valence-electron chi connectivity index (χ4n) is 3.48. The van der Waals surface area contributed by atoms with Crippen LogP contribution < -0.4 is 0 Å². The molecule has 4 nitrogen and oxygen atoms in total. The van der Waals surface area contributed by atoms with Crippen LogP contribution in [-0.4, -0.2) is 43.3 Å². The third-order valence-corrected chi connectivity index (χ3v) is 7.43. The van der Waals surface area contributed by atoms with Gasteiger partial charge in [-0.05, 0) is 57.2 Å². The summed E-state index contributed by atoms with van der Waals surface area (Å²) in [6.45, 7) is 7.42. The lowest BCUT2D eigenvalue weighted by Gasteiger charge is -2.36. The zero-order valence-corrected chi connectivity index (χ0v) is 16.3. The number of halogens is 1. The number of sulfonamides is 1. The van der Waals surface area contributed by atoms with Crippen molar-refractivity contribution in [3.63, 3.8) is 0 Å². The van der Waals surface area contributed by atoms with E-state index in [0.29, 0.717) is 28.0 Å². The number of hydrogen-bond donors (Lipinski definition) is 0. The van der Waals surface area contributed by atoms with Crippen molar-refractivity contribution in [1.82, 2.24) is 9.21 Å². The van der Waals surface area contributed by atoms with Crippen LogP contribution in [0.1, 0.15) is 39.2 Å². The second-order valence-corrected chi connectivity index (χ2v) is 9.47. The quantitative estimate of drug-likeness (QED) is 0.793. The maximum absolute atomic E-state index is 13.4. The Kier molecular flexibility index (Phi) is 4.47. The van der Waals surface area contributed by atoms with E-state index in [4.69, 9.17) is 11.6 Å². The number of nitrogens with zero attached hydrogens (tertiary/aromatic N) is 2. The first-order valence-electron chi connectivity index (χ1n) is 8.44. The minimum absolute atomic E-state index is 0.425. The van der Waals surface area contributed by atoms with Crippen molar-refractivity contribution in [3.8, 4) is 0 Å². The van der Waals surface area contributed by atoms with Gasteiger partial charge in [0.2, 0.25) is 10.0 Å². The van der Waals surface area contributed by atoms with E-state index in [1.54, 1.807) is 28.6 Å². The molecule has 0 bridgehead atoms. The van der Waals surface area contributed by atoms with E-state index in [1.165, 1.54) is 0 Å². The van der Waals surface area contributed by atoms with Crippen molar-refractivity contribution >= 4 is 26.5 Å². The molecule has 2 aliphatic rings. The molecule has 0 amide bonds. The first-order chi connectivity index (χ1) is 11.2. The van der Waals surface area contributed by atoms with E-state index in [1.807, 2.05) is 32.7 Å². The highest BCUT2D eigenvalue weighted by molar-refractivity contribution is 7.98. The SMILES string of the molecule is CCN(C)C1=C(c2ccc(Cl)cc2)S(=O)(=O)N(CC2CC2)C1(C)C. The summed E-state index contributed by atoms with van der Waals surface area (Å²) in [6.07, 6.45) is 2.24. The van der Waals surface area contributed by atoms with Gasteiger partial charge in [0.05, 0.1) is 11.2 Å². The number of likely N-dealkylation sites (N-methyl/N-ethyl adjacent to an activating group) is 1. The lowest BCUT2D eigenvalue weighted by molar-refractivity contribution is 0.225. The molecule has 6 heteroatoms. The van der Waals surface area contributed by atoms with Crippen LogP contribution in [0.15, 0.2) is 30.0 Å². The number of rotatable bonds is 5. The highest BCUT2D eigenvalue weighted by atomic mass is 35.5. The van der Waals surface area contributed by atoms with E-state index in [2.05, 4.69) is 0 Å². The van der Waals surface area contributed by atoms with Crippen LogP contribution in [0.5, 0.6) is 0 Å². The normalized spacial score (nSPS) is 22.9. The maximum atomic E-state index is 13.4. The molecule has 1 aromatic rings. The second-order valence-electron chi connectivity index (χ2n) is 7.24. The molecule has 0 saturated heterocycles. The monoisotopic (exact) mass is 368 g/mol. The first-order valence-corrected chi connectivity index (χ1v) is 10.3. The predicted octanol–water partition coefficient (Wildman–Crippen LogP) is 3.79. The highest BCUT2D eigenvalue weighted by Crippen LogP contribution is 2.48. The molecule has 0 radical (unpaired) electrons. The van der Waals surface area contributed by atoms with Crippen molar-refractivity contribution in [1.29, 1.82) is 0 Å². The molecule has 0 spiro atoms. The van der Waals surface area contributed by atoms with Gasteiger partial charge in [0.15, 0.2) is 0 Å². The van der Waals surface area contributed by atoms with Gasteiger partial charge >= 0.3 is 0 Å². The molecule has 1 aliphatic carbocycles. The molecule has 0 aromatic heterocycles. The Hall–Kier alpha value is -1.04. The van der Waals surface area contributed by atoms with Gasteiger partial charge in [0, 0.05) is 25.2 Å². The Morgan fingerprint density at radius 2 is 1.83 bits per heavy atom. The molecule has 1 heterocycles. The van der Waals surface area contributed by atoms with Gasteiger partial charge in [0.1, 0.15) is 4.91 Å². The Balaban J connectivity index is 2.19. The smallest absolute Gasteiger partial charge is 0.246 e. The molecule has 1 saturated carbocycles. The second kappa shape index (κ2) is 6.04. The van der Waals surface area contributed by atoms with E-state index in [9.17, 15) is 8.42 Å². The van der Waals surface area contributed by atoms with Gasteiger partial charge in [-0.1, -0.05) is 23.7 Å². The van der Waals surface area contributed by atoms with E-state index >= 15 is 0 Å². The van der Waals surface area contributed by atoms with Crippen LogP contribution >= 0.6 is 11.6 Å². The van der Waals surface area contributed by atoms with Crippen molar-refractivity contribution in [3.05, 3.63) is 40.5 Å². The van der Waals surface area contributed by atoms with E-state index in [0.717, 1.165) is 25.1 Å². The molecular weight excluding hydrogens is 344 g/mol. The molecule has 1 aliphatic heterocycles. The summed E-state index contributed by atoms with van der Waals surface area (Å²) in [7, 11) is -1.57. The molecule has 1 aromatic carbocycles. The van der Waals surface area contributed by atoms with Gasteiger partial charge in [-0.25, -0.2) is 8.42 Å². The molecular formula is C18H25ClN2O2S. The predicted molar refractivity (Wildman–Crippen MR) is 99.1 cm³/mol. The molecule has 24 heavy (non-hydrogen) atoms. The molecule has 3 rings (SSSR count). The zero-order chi connectivity index (χ0) is 17.7. The van der Waals surface area contributed by atoms with Gasteiger partial charge in [-0.2, -0.15) is 4.31 Å². The van der Waals surface area contributed by atoms with Crippen LogP contribution in [0.4, 0.5) is 0 Å². The van der Waals surface area contributed by atoms with Gasteiger partial charge in [-0.15, -0.1) is 0 Å². The molecule has 0 atom stereocenters. The Bertz CT molecular complexity index is 765. The fraction of sp³-hybridized carbons (Fsp3) is 0.556. The summed E-state index contributed by atoms with van der Waals surface area (Å²) in [6, 6.07) is 7.10. The average Bonchev–Trinajstić information content (AvgIpc) is 3.31. The Morgan fingerprint density at radius 1 is 1.25 bits per heavy atom. The lowest BCUT2D eigenvalue weighted by atomic mass is 9.96. The molecule has 0 N–H and O–H groups in total. The van der Waals surface area contributed by atoms with Crippen molar-refractivity contribution < 1.29 is 8.42 Å². The van der Waals surface area contributed by atoms with Crippen LogP contribution in [0.2, 0.25) is 5.02 Å². The van der Waals surface area contributed by atoms with Crippen molar-refractivity contribution in [2.75, 3.05) is 20.1 Å². The topological polar surface area (TPSA) is 40.6 Å². The molecule has 0 unspecified atom stereocenters. The van der Waals surface area contributed by atoms with E-state index < -0.39 is 15.6 Å². The fourth-order valence-corrected chi connectivity index (χ4v) is 6.00. The van der Waals surface area contributed by atoms with Crippen molar-refractivity contribution in [2.24, 2.45) is 5.92 Å². The third-order valence-electron chi connectivity index (χ3n) is 5.05. The Morgan fingerprint density at radius 3 is 2.33 bits per heavy atom. The summed E-state index contributed by atoms with van der Waals surface area (Å²) in [5, 5.41) is 0.606. The molecule has 1 fully saturated rings. The molecule has 132 valence electrons. The van der Waals surface area contributed by atoms with Gasteiger partial charge in [-0.3, -0.25) is 0 Å². The van der Waals surface area contributed by atoms with Crippen LogP contribution in [0, 0.1) is 5.92 Å². The Labute approximate surface area is 150 Å². The largest absolute Gasteiger partial charge is 0.376 e. The highest BCUT2D eigenvalue weighted by Gasteiger charge is 2.52. The third kappa shape index (κ3) is 2.87. The van der Waals surface area contributed by atoms with Crippen LogP contribution in [-0.2, 0) is 10.0 Å². The summed E-state index contributed by atoms with van der Waals surface area (Å²) in [4.78, 5) is 2.48. The summed E-state index contributed by atoms with van der Waals surface area (Å²) < 4.78 is 28.5. The summed E-state index contributed by atoms with van der Waals surface area (Å²) in [5.41, 5.74) is 1.02. The number of benzene rings is 1. The number of hydrogen-bond acceptors (Lipinski definition) is 3. The van der Waals surface area contributed by atoms with Crippen molar-refractivity contribution in [2.45, 2.75) is 39.2 Å². The lowest BCUT2D eigenvalue weighted by Crippen LogP contribution is -2.47. The maximum Gasteiger partial charge on any atom is 0.246 e. The summed E-state index contributed by atoms with van der Waals surface area (Å²) >= 11 is 5.99. The standard InChI is InChI=1S/C18H25ClN2O2S/c1-5-20(4)17-16(14-8-10-15(19)11-9-14)24(22,23)21(18(17,2)3)12-13-6-7-13/h8-11,13H,5-7,12H2,1-4H3. The zero-order valence-electron chi connectivity index (χ0n) is 14.7. The van der Waals surface area contributed by atoms with Crippen LogP contribution in [0.25, 0.3) is 4.91 Å². The first kappa shape index (κ1) is 17.8. The van der Waals surface area contributed by atoms with E-state index in [-0.39, 0.29) is 0 Å². The minimum atomic E-state index is -3.53. The average molecular weight is 369 g/mol. The summed E-state index contributed by atoms with van der Waals surface area (Å²) in [5.74, 6) is 0.497. The van der Waals surface area contributed by atoms with Crippen LogP contribution in [0.3, 0.4) is 0 Å². The minimum Gasteiger partial charge on any atom is -0.376 e.